The Morgan fingerprint density at radius 2 is 1.71 bits per heavy atom. The van der Waals surface area contributed by atoms with Crippen LogP contribution in [-0.2, 0) is 11.0 Å². The number of aromatic nitrogens is 2. The average Bonchev–Trinajstić information content (AvgIpc) is 3.10. The van der Waals surface area contributed by atoms with Crippen LogP contribution in [0.15, 0.2) is 77.9 Å². The van der Waals surface area contributed by atoms with Crippen molar-refractivity contribution in [2.24, 2.45) is 4.99 Å². The van der Waals surface area contributed by atoms with Gasteiger partial charge in [0.1, 0.15) is 5.82 Å². The van der Waals surface area contributed by atoms with Gasteiger partial charge in [-0.3, -0.25) is 4.99 Å². The van der Waals surface area contributed by atoms with Gasteiger partial charge in [0.25, 0.3) is 0 Å². The maximum absolute atomic E-state index is 14.9. The van der Waals surface area contributed by atoms with Crippen LogP contribution in [0.3, 0.4) is 0 Å². The van der Waals surface area contributed by atoms with Crippen molar-refractivity contribution in [3.8, 4) is 11.3 Å². The number of anilines is 3. The SMILES string of the molecule is CN1CCN(c2ccc(Nc3ncc4c(n3)-c3ccc(CI)cc3C(c3ccccc3F)=NC4)cc2)CC1. The summed E-state index contributed by atoms with van der Waals surface area (Å²) in [6.45, 7) is 4.60. The molecule has 1 saturated heterocycles. The van der Waals surface area contributed by atoms with Crippen LogP contribution in [0.1, 0.15) is 22.3 Å². The molecule has 1 aromatic heterocycles. The minimum absolute atomic E-state index is 0.281. The standard InChI is InChI=1S/C30H28FIN6/c1-37-12-14-38(15-13-37)23-9-7-22(8-10-23)35-30-34-19-21-18-33-29(25-4-2-3-5-27(25)31)26-16-20(17-32)6-11-24(26)28(21)36-30/h2-11,16,19H,12-15,17-18H2,1H3,(H,34,35,36). The van der Waals surface area contributed by atoms with Crippen LogP contribution >= 0.6 is 22.6 Å². The van der Waals surface area contributed by atoms with E-state index in [9.17, 15) is 4.39 Å². The zero-order valence-electron chi connectivity index (χ0n) is 21.2. The predicted octanol–water partition coefficient (Wildman–Crippen LogP) is 6.06. The molecule has 0 atom stereocenters. The lowest BCUT2D eigenvalue weighted by atomic mass is 9.93. The number of halogens is 2. The van der Waals surface area contributed by atoms with E-state index in [1.165, 1.54) is 11.8 Å². The van der Waals surface area contributed by atoms with E-state index < -0.39 is 0 Å². The maximum Gasteiger partial charge on any atom is 0.227 e. The fourth-order valence-corrected chi connectivity index (χ4v) is 5.45. The van der Waals surface area contributed by atoms with Gasteiger partial charge in [-0.1, -0.05) is 46.9 Å². The first-order chi connectivity index (χ1) is 18.6. The summed E-state index contributed by atoms with van der Waals surface area (Å²) in [6.07, 6.45) is 1.83. The van der Waals surface area contributed by atoms with Crippen LogP contribution in [0.2, 0.25) is 0 Å². The quantitative estimate of drug-likeness (QED) is 0.218. The van der Waals surface area contributed by atoms with E-state index in [0.29, 0.717) is 23.8 Å². The van der Waals surface area contributed by atoms with Gasteiger partial charge in [0.05, 0.1) is 18.0 Å². The second kappa shape index (κ2) is 10.8. The Hall–Kier alpha value is -3.37. The number of aliphatic imine (C=N–C) groups is 1. The fraction of sp³-hybridized carbons (Fsp3) is 0.233. The third kappa shape index (κ3) is 5.02. The highest BCUT2D eigenvalue weighted by molar-refractivity contribution is 14.1. The summed E-state index contributed by atoms with van der Waals surface area (Å²) >= 11 is 2.35. The number of rotatable bonds is 5. The molecule has 3 aromatic carbocycles. The molecule has 0 saturated carbocycles. The molecule has 0 bridgehead atoms. The first-order valence-corrected chi connectivity index (χ1v) is 14.3. The summed E-state index contributed by atoms with van der Waals surface area (Å²) in [5.74, 6) is 0.242. The highest BCUT2D eigenvalue weighted by Crippen LogP contribution is 2.34. The molecule has 0 aliphatic carbocycles. The molecule has 4 aromatic rings. The number of likely N-dealkylation sites (N-methyl/N-ethyl adjacent to an activating group) is 1. The summed E-state index contributed by atoms with van der Waals surface area (Å²) in [7, 11) is 2.17. The van der Waals surface area contributed by atoms with Gasteiger partial charge in [0.15, 0.2) is 0 Å². The topological polar surface area (TPSA) is 56.6 Å². The summed E-state index contributed by atoms with van der Waals surface area (Å²) in [6, 6.07) is 21.5. The van der Waals surface area contributed by atoms with Crippen LogP contribution in [0.4, 0.5) is 21.7 Å². The van der Waals surface area contributed by atoms with Gasteiger partial charge in [-0.25, -0.2) is 14.4 Å². The van der Waals surface area contributed by atoms with E-state index in [-0.39, 0.29) is 5.82 Å². The van der Waals surface area contributed by atoms with E-state index in [1.807, 2.05) is 12.3 Å². The Labute approximate surface area is 235 Å². The fourth-order valence-electron chi connectivity index (χ4n) is 4.98. The molecule has 1 N–H and O–H groups in total. The van der Waals surface area contributed by atoms with Gasteiger partial charge in [-0.2, -0.15) is 0 Å². The van der Waals surface area contributed by atoms with Crippen LogP contribution in [0.5, 0.6) is 0 Å². The van der Waals surface area contributed by atoms with Gasteiger partial charge in [0.2, 0.25) is 5.95 Å². The summed E-state index contributed by atoms with van der Waals surface area (Å²) < 4.78 is 15.7. The molecule has 38 heavy (non-hydrogen) atoms. The van der Waals surface area contributed by atoms with Crippen molar-refractivity contribution in [2.75, 3.05) is 43.4 Å². The van der Waals surface area contributed by atoms with E-state index >= 15 is 0 Å². The lowest BCUT2D eigenvalue weighted by molar-refractivity contribution is 0.313. The van der Waals surface area contributed by atoms with E-state index in [1.54, 1.807) is 12.1 Å². The van der Waals surface area contributed by atoms with Crippen molar-refractivity contribution in [2.45, 2.75) is 11.0 Å². The molecule has 0 amide bonds. The molecule has 6 nitrogen and oxygen atoms in total. The molecule has 0 radical (unpaired) electrons. The molecule has 0 spiro atoms. The molecule has 2 aliphatic rings. The van der Waals surface area contributed by atoms with Crippen LogP contribution in [-0.4, -0.2) is 53.8 Å². The molecule has 192 valence electrons. The van der Waals surface area contributed by atoms with Crippen molar-refractivity contribution in [1.82, 2.24) is 14.9 Å². The zero-order chi connectivity index (χ0) is 26.1. The Morgan fingerprint density at radius 3 is 2.47 bits per heavy atom. The first-order valence-electron chi connectivity index (χ1n) is 12.7. The second-order valence-electron chi connectivity index (χ2n) is 9.69. The normalized spacial score (nSPS) is 15.3. The molecular formula is C30H28FIN6. The number of nitrogens with one attached hydrogen (secondary N) is 1. The number of fused-ring (bicyclic) bond motifs is 3. The van der Waals surface area contributed by atoms with Crippen molar-refractivity contribution < 1.29 is 4.39 Å². The van der Waals surface area contributed by atoms with Crippen molar-refractivity contribution in [3.63, 3.8) is 0 Å². The first kappa shape index (κ1) is 24.9. The average molecular weight is 618 g/mol. The van der Waals surface area contributed by atoms with E-state index in [4.69, 9.17) is 9.98 Å². The molecule has 1 fully saturated rings. The number of nitrogens with zero attached hydrogens (tertiary/aromatic N) is 5. The van der Waals surface area contributed by atoms with Gasteiger partial charge in [-0.05, 0) is 55.1 Å². The Kier molecular flexibility index (Phi) is 7.08. The summed E-state index contributed by atoms with van der Waals surface area (Å²) in [4.78, 5) is 19.1. The summed E-state index contributed by atoms with van der Waals surface area (Å²) in [5.41, 5.74) is 8.02. The van der Waals surface area contributed by atoms with E-state index in [0.717, 1.165) is 64.2 Å². The smallest absolute Gasteiger partial charge is 0.227 e. The molecule has 6 rings (SSSR count). The number of hydrogen-bond acceptors (Lipinski definition) is 6. The monoisotopic (exact) mass is 618 g/mol. The van der Waals surface area contributed by atoms with Gasteiger partial charge >= 0.3 is 0 Å². The van der Waals surface area contributed by atoms with Gasteiger partial charge in [0, 0.05) is 70.4 Å². The predicted molar refractivity (Wildman–Crippen MR) is 160 cm³/mol. The number of benzene rings is 3. The largest absolute Gasteiger partial charge is 0.369 e. The van der Waals surface area contributed by atoms with Crippen molar-refractivity contribution in [1.29, 1.82) is 0 Å². The Balaban J connectivity index is 1.32. The van der Waals surface area contributed by atoms with Crippen LogP contribution in [0, 0.1) is 5.82 Å². The zero-order valence-corrected chi connectivity index (χ0v) is 23.3. The number of hydrogen-bond donors (Lipinski definition) is 1. The molecule has 2 aliphatic heterocycles. The number of alkyl halides is 1. The lowest BCUT2D eigenvalue weighted by Crippen LogP contribution is -2.44. The van der Waals surface area contributed by atoms with Gasteiger partial charge < -0.3 is 15.1 Å². The Morgan fingerprint density at radius 1 is 0.921 bits per heavy atom. The molecule has 8 heteroatoms. The lowest BCUT2D eigenvalue weighted by Gasteiger charge is -2.34. The van der Waals surface area contributed by atoms with E-state index in [2.05, 4.69) is 92.2 Å². The molecule has 0 unspecified atom stereocenters. The third-order valence-corrected chi connectivity index (χ3v) is 8.02. The summed E-state index contributed by atoms with van der Waals surface area (Å²) in [5, 5.41) is 3.37. The van der Waals surface area contributed by atoms with Crippen LogP contribution in [0.25, 0.3) is 11.3 Å². The molecule has 3 heterocycles. The molecular weight excluding hydrogens is 590 g/mol. The highest BCUT2D eigenvalue weighted by atomic mass is 127. The minimum atomic E-state index is -0.281. The van der Waals surface area contributed by atoms with Crippen LogP contribution < -0.4 is 10.2 Å². The highest BCUT2D eigenvalue weighted by Gasteiger charge is 2.23. The Bertz CT molecular complexity index is 1500. The minimum Gasteiger partial charge on any atom is -0.369 e. The van der Waals surface area contributed by atoms with Crippen molar-refractivity contribution in [3.05, 3.63) is 101 Å². The second-order valence-corrected chi connectivity index (χ2v) is 10.5. The van der Waals surface area contributed by atoms with Crippen molar-refractivity contribution >= 4 is 45.6 Å². The van der Waals surface area contributed by atoms with Gasteiger partial charge in [-0.15, -0.1) is 0 Å². The number of piperazine rings is 1. The maximum atomic E-state index is 14.9. The third-order valence-electron chi connectivity index (χ3n) is 7.14.